The first-order chi connectivity index (χ1) is 13.3. The summed E-state index contributed by atoms with van der Waals surface area (Å²) in [6, 6.07) is 9.81. The molecule has 2 N–H and O–H groups in total. The van der Waals surface area contributed by atoms with Crippen LogP contribution in [0.1, 0.15) is 19.1 Å². The third kappa shape index (κ3) is 7.01. The molecule has 2 rings (SSSR count). The van der Waals surface area contributed by atoms with Crippen LogP contribution in [0.15, 0.2) is 45.8 Å². The molecule has 0 aliphatic rings. The molecule has 1 aromatic carbocycles. The number of anilines is 1. The fourth-order valence-electron chi connectivity index (χ4n) is 2.22. The zero-order chi connectivity index (χ0) is 20.6. The smallest absolute Gasteiger partial charge is 0.238 e. The van der Waals surface area contributed by atoms with Gasteiger partial charge in [-0.3, -0.25) is 9.59 Å². The van der Waals surface area contributed by atoms with Crippen molar-refractivity contribution in [3.05, 3.63) is 42.2 Å². The van der Waals surface area contributed by atoms with E-state index in [2.05, 4.69) is 15.8 Å². The summed E-state index contributed by atoms with van der Waals surface area (Å²) in [6.07, 6.45) is 0.315. The van der Waals surface area contributed by atoms with Gasteiger partial charge in [0.05, 0.1) is 21.7 Å². The second-order valence-electron chi connectivity index (χ2n) is 6.10. The van der Waals surface area contributed by atoms with Gasteiger partial charge in [0.15, 0.2) is 15.7 Å². The number of nitrogens with one attached hydrogen (secondary N) is 2. The lowest BCUT2D eigenvalue weighted by atomic mass is 10.4. The number of carbonyl (C=O) groups is 2. The van der Waals surface area contributed by atoms with E-state index in [1.54, 1.807) is 50.2 Å². The SMILES string of the molecule is Cc1cc(NC(=O)C(C)SCC(=O)NCCCS(=O)(=O)c2ccccc2)no1. The Hall–Kier alpha value is -2.33. The predicted molar refractivity (Wildman–Crippen MR) is 108 cm³/mol. The van der Waals surface area contributed by atoms with E-state index in [-0.39, 0.29) is 34.8 Å². The first-order valence-corrected chi connectivity index (χ1v) is 11.4. The molecule has 0 fully saturated rings. The molecule has 1 heterocycles. The quantitative estimate of drug-likeness (QED) is 0.559. The van der Waals surface area contributed by atoms with Crippen molar-refractivity contribution in [2.45, 2.75) is 30.4 Å². The minimum absolute atomic E-state index is 0.0413. The third-order valence-electron chi connectivity index (χ3n) is 3.73. The molecule has 0 saturated carbocycles. The molecular weight excluding hydrogens is 402 g/mol. The Labute approximate surface area is 168 Å². The monoisotopic (exact) mass is 425 g/mol. The highest BCUT2D eigenvalue weighted by Crippen LogP contribution is 2.14. The van der Waals surface area contributed by atoms with E-state index in [4.69, 9.17) is 4.52 Å². The van der Waals surface area contributed by atoms with Crippen molar-refractivity contribution < 1.29 is 22.5 Å². The van der Waals surface area contributed by atoms with Gasteiger partial charge in [-0.25, -0.2) is 8.42 Å². The lowest BCUT2D eigenvalue weighted by Crippen LogP contribution is -2.30. The number of benzene rings is 1. The molecule has 0 radical (unpaired) electrons. The molecule has 0 aliphatic heterocycles. The summed E-state index contributed by atoms with van der Waals surface area (Å²) in [5.74, 6) is 0.445. The minimum atomic E-state index is -3.35. The summed E-state index contributed by atoms with van der Waals surface area (Å²) >= 11 is 1.18. The number of amides is 2. The minimum Gasteiger partial charge on any atom is -0.360 e. The summed E-state index contributed by atoms with van der Waals surface area (Å²) < 4.78 is 29.2. The van der Waals surface area contributed by atoms with Gasteiger partial charge in [0.25, 0.3) is 0 Å². The summed E-state index contributed by atoms with van der Waals surface area (Å²) in [6.45, 7) is 3.66. The van der Waals surface area contributed by atoms with E-state index in [9.17, 15) is 18.0 Å². The fraction of sp³-hybridized carbons (Fsp3) is 0.389. The molecule has 0 spiro atoms. The molecule has 0 saturated heterocycles. The van der Waals surface area contributed by atoms with Crippen molar-refractivity contribution in [1.82, 2.24) is 10.5 Å². The Morgan fingerprint density at radius 1 is 1.25 bits per heavy atom. The second-order valence-corrected chi connectivity index (χ2v) is 9.54. The predicted octanol–water partition coefficient (Wildman–Crippen LogP) is 2.02. The molecule has 10 heteroatoms. The second kappa shape index (κ2) is 10.3. The van der Waals surface area contributed by atoms with Crippen molar-refractivity contribution in [2.75, 3.05) is 23.4 Å². The Morgan fingerprint density at radius 3 is 2.61 bits per heavy atom. The zero-order valence-electron chi connectivity index (χ0n) is 15.7. The first-order valence-electron chi connectivity index (χ1n) is 8.68. The summed E-state index contributed by atoms with van der Waals surface area (Å²) in [7, 11) is -3.35. The molecule has 152 valence electrons. The van der Waals surface area contributed by atoms with Crippen molar-refractivity contribution in [1.29, 1.82) is 0 Å². The van der Waals surface area contributed by atoms with Crippen LogP contribution in [0.25, 0.3) is 0 Å². The van der Waals surface area contributed by atoms with Crippen LogP contribution >= 0.6 is 11.8 Å². The standard InChI is InChI=1S/C18H23N3O5S2/c1-13-11-16(21-26-13)20-18(23)14(2)27-12-17(22)19-9-6-10-28(24,25)15-7-4-3-5-8-15/h3-5,7-8,11,14H,6,9-10,12H2,1-2H3,(H,19,22)(H,20,21,23). The average Bonchev–Trinajstić information content (AvgIpc) is 3.08. The Bertz CT molecular complexity index is 897. The van der Waals surface area contributed by atoms with Gasteiger partial charge in [-0.1, -0.05) is 23.4 Å². The van der Waals surface area contributed by atoms with Gasteiger partial charge >= 0.3 is 0 Å². The Balaban J connectivity index is 1.65. The van der Waals surface area contributed by atoms with Gasteiger partial charge in [0.1, 0.15) is 5.76 Å². The number of thioether (sulfide) groups is 1. The Morgan fingerprint density at radius 2 is 1.96 bits per heavy atom. The lowest BCUT2D eigenvalue weighted by Gasteiger charge is -2.10. The summed E-state index contributed by atoms with van der Waals surface area (Å²) in [5, 5.41) is 8.50. The fourth-order valence-corrected chi connectivity index (χ4v) is 4.26. The first kappa shape index (κ1) is 22.0. The van der Waals surface area contributed by atoms with Crippen LogP contribution in [0, 0.1) is 6.92 Å². The zero-order valence-corrected chi connectivity index (χ0v) is 17.3. The number of nitrogens with zero attached hydrogens (tertiary/aromatic N) is 1. The molecule has 1 unspecified atom stereocenters. The molecule has 2 aromatic rings. The number of sulfone groups is 1. The molecule has 1 atom stereocenters. The maximum absolute atomic E-state index is 12.1. The average molecular weight is 426 g/mol. The molecule has 8 nitrogen and oxygen atoms in total. The molecule has 28 heavy (non-hydrogen) atoms. The largest absolute Gasteiger partial charge is 0.360 e. The van der Waals surface area contributed by atoms with E-state index in [0.717, 1.165) is 0 Å². The van der Waals surface area contributed by atoms with Gasteiger partial charge < -0.3 is 15.2 Å². The van der Waals surface area contributed by atoms with Crippen molar-refractivity contribution in [2.24, 2.45) is 0 Å². The molecular formula is C18H23N3O5S2. The number of aryl methyl sites for hydroxylation is 1. The van der Waals surface area contributed by atoms with Crippen LogP contribution in [-0.2, 0) is 19.4 Å². The normalized spacial score (nSPS) is 12.4. The van der Waals surface area contributed by atoms with Crippen LogP contribution in [0.4, 0.5) is 5.82 Å². The van der Waals surface area contributed by atoms with Gasteiger partial charge in [-0.05, 0) is 32.4 Å². The number of hydrogen-bond acceptors (Lipinski definition) is 7. The van der Waals surface area contributed by atoms with E-state index in [1.165, 1.54) is 11.8 Å². The van der Waals surface area contributed by atoms with E-state index in [0.29, 0.717) is 18.0 Å². The van der Waals surface area contributed by atoms with Crippen molar-refractivity contribution in [3.8, 4) is 0 Å². The highest BCUT2D eigenvalue weighted by Gasteiger charge is 2.17. The van der Waals surface area contributed by atoms with Crippen LogP contribution in [0.2, 0.25) is 0 Å². The number of carbonyl (C=O) groups excluding carboxylic acids is 2. The number of aromatic nitrogens is 1. The van der Waals surface area contributed by atoms with Gasteiger partial charge in [-0.15, -0.1) is 11.8 Å². The van der Waals surface area contributed by atoms with Crippen LogP contribution in [0.5, 0.6) is 0 Å². The molecule has 2 amide bonds. The third-order valence-corrected chi connectivity index (χ3v) is 6.69. The highest BCUT2D eigenvalue weighted by atomic mass is 32.2. The molecule has 1 aromatic heterocycles. The lowest BCUT2D eigenvalue weighted by molar-refractivity contribution is -0.118. The van der Waals surface area contributed by atoms with Crippen molar-refractivity contribution in [3.63, 3.8) is 0 Å². The van der Waals surface area contributed by atoms with Gasteiger partial charge in [0, 0.05) is 12.6 Å². The summed E-state index contributed by atoms with van der Waals surface area (Å²) in [5.41, 5.74) is 0. The Kier molecular flexibility index (Phi) is 8.06. The maximum Gasteiger partial charge on any atom is 0.238 e. The maximum atomic E-state index is 12.1. The topological polar surface area (TPSA) is 118 Å². The van der Waals surface area contributed by atoms with Crippen molar-refractivity contribution >= 4 is 39.2 Å². The van der Waals surface area contributed by atoms with Crippen LogP contribution in [0.3, 0.4) is 0 Å². The highest BCUT2D eigenvalue weighted by molar-refractivity contribution is 8.01. The summed E-state index contributed by atoms with van der Waals surface area (Å²) in [4.78, 5) is 24.2. The van der Waals surface area contributed by atoms with Gasteiger partial charge in [0.2, 0.25) is 11.8 Å². The van der Waals surface area contributed by atoms with Crippen LogP contribution < -0.4 is 10.6 Å². The number of rotatable bonds is 10. The van der Waals surface area contributed by atoms with E-state index in [1.807, 2.05) is 0 Å². The molecule has 0 aliphatic carbocycles. The van der Waals surface area contributed by atoms with Crippen LogP contribution in [-0.4, -0.2) is 48.7 Å². The van der Waals surface area contributed by atoms with Gasteiger partial charge in [-0.2, -0.15) is 0 Å². The van der Waals surface area contributed by atoms with E-state index < -0.39 is 15.1 Å². The van der Waals surface area contributed by atoms with E-state index >= 15 is 0 Å². The number of hydrogen-bond donors (Lipinski definition) is 2. The molecule has 0 bridgehead atoms.